The predicted molar refractivity (Wildman–Crippen MR) is 288 cm³/mol. The Kier molecular flexibility index (Phi) is 52.8. The van der Waals surface area contributed by atoms with Crippen molar-refractivity contribution in [3.8, 4) is 0 Å². The highest BCUT2D eigenvalue weighted by atomic mass is 16.6. The molecule has 0 rings (SSSR count). The number of hydrogen-bond donors (Lipinski definition) is 0. The van der Waals surface area contributed by atoms with Gasteiger partial charge in [-0.3, -0.25) is 14.4 Å². The molecule has 6 nitrogen and oxygen atoms in total. The number of unbranched alkanes of at least 4 members (excludes halogenated alkanes) is 28. The molecule has 0 aliphatic heterocycles. The van der Waals surface area contributed by atoms with Gasteiger partial charge in [-0.25, -0.2) is 0 Å². The van der Waals surface area contributed by atoms with Crippen molar-refractivity contribution in [3.05, 3.63) is 72.9 Å². The molecule has 0 heterocycles. The van der Waals surface area contributed by atoms with Gasteiger partial charge in [0.1, 0.15) is 13.2 Å². The third-order valence-electron chi connectivity index (χ3n) is 12.2. The average molecular weight is 936 g/mol. The van der Waals surface area contributed by atoms with Crippen LogP contribution in [0.3, 0.4) is 0 Å². The van der Waals surface area contributed by atoms with Gasteiger partial charge in [0.15, 0.2) is 6.10 Å². The molecule has 0 bridgehead atoms. The fourth-order valence-electron chi connectivity index (χ4n) is 7.87. The van der Waals surface area contributed by atoms with E-state index in [0.717, 1.165) is 103 Å². The van der Waals surface area contributed by atoms with Crippen LogP contribution in [0, 0.1) is 0 Å². The maximum Gasteiger partial charge on any atom is 0.306 e. The first-order valence-corrected chi connectivity index (χ1v) is 28.4. The second-order valence-corrected chi connectivity index (χ2v) is 18.8. The number of carbonyl (C=O) groups excluding carboxylic acids is 3. The Morgan fingerprint density at radius 1 is 0.299 bits per heavy atom. The minimum Gasteiger partial charge on any atom is -0.462 e. The van der Waals surface area contributed by atoms with E-state index >= 15 is 0 Å². The minimum atomic E-state index is -0.780. The van der Waals surface area contributed by atoms with Crippen LogP contribution in [0.25, 0.3) is 0 Å². The summed E-state index contributed by atoms with van der Waals surface area (Å²) >= 11 is 0. The quantitative estimate of drug-likeness (QED) is 0.0262. The van der Waals surface area contributed by atoms with E-state index in [4.69, 9.17) is 14.2 Å². The lowest BCUT2D eigenvalue weighted by atomic mass is 10.1. The highest BCUT2D eigenvalue weighted by Gasteiger charge is 2.19. The molecular formula is C61H106O6. The van der Waals surface area contributed by atoms with Gasteiger partial charge in [0.05, 0.1) is 0 Å². The fraction of sp³-hybridized carbons (Fsp3) is 0.754. The van der Waals surface area contributed by atoms with Crippen LogP contribution >= 0.6 is 0 Å². The van der Waals surface area contributed by atoms with E-state index in [2.05, 4.69) is 93.7 Å². The predicted octanol–water partition coefficient (Wildman–Crippen LogP) is 19.0. The van der Waals surface area contributed by atoms with E-state index in [0.29, 0.717) is 19.3 Å². The first-order valence-electron chi connectivity index (χ1n) is 28.4. The Labute approximate surface area is 414 Å². The molecule has 0 radical (unpaired) electrons. The third-order valence-corrected chi connectivity index (χ3v) is 12.2. The van der Waals surface area contributed by atoms with Crippen molar-refractivity contribution < 1.29 is 28.6 Å². The summed E-state index contributed by atoms with van der Waals surface area (Å²) in [5.41, 5.74) is 0. The van der Waals surface area contributed by atoms with Crippen molar-refractivity contribution in [2.75, 3.05) is 13.2 Å². The summed E-state index contributed by atoms with van der Waals surface area (Å²) in [6.45, 7) is 6.51. The maximum absolute atomic E-state index is 12.8. The van der Waals surface area contributed by atoms with Gasteiger partial charge < -0.3 is 14.2 Å². The Morgan fingerprint density at radius 2 is 0.537 bits per heavy atom. The number of esters is 3. The lowest BCUT2D eigenvalue weighted by Crippen LogP contribution is -2.30. The van der Waals surface area contributed by atoms with Crippen LogP contribution in [-0.2, 0) is 28.6 Å². The first kappa shape index (κ1) is 63.8. The van der Waals surface area contributed by atoms with Crippen LogP contribution in [0.15, 0.2) is 72.9 Å². The second kappa shape index (κ2) is 55.4. The lowest BCUT2D eigenvalue weighted by molar-refractivity contribution is -0.167. The summed E-state index contributed by atoms with van der Waals surface area (Å²) in [5.74, 6) is -0.908. The van der Waals surface area contributed by atoms with Crippen molar-refractivity contribution in [1.29, 1.82) is 0 Å². The van der Waals surface area contributed by atoms with Gasteiger partial charge >= 0.3 is 17.9 Å². The first-order chi connectivity index (χ1) is 33.0. The molecular weight excluding hydrogens is 829 g/mol. The Bertz CT molecular complexity index is 1260. The zero-order valence-corrected chi connectivity index (χ0v) is 44.2. The highest BCUT2D eigenvalue weighted by molar-refractivity contribution is 5.71. The Balaban J connectivity index is 4.13. The average Bonchev–Trinajstić information content (AvgIpc) is 3.33. The normalized spacial score (nSPS) is 12.6. The summed E-state index contributed by atoms with van der Waals surface area (Å²) in [6.07, 6.45) is 70.7. The van der Waals surface area contributed by atoms with Crippen molar-refractivity contribution in [2.45, 2.75) is 284 Å². The van der Waals surface area contributed by atoms with Crippen LogP contribution in [0.5, 0.6) is 0 Å². The van der Waals surface area contributed by atoms with Crippen molar-refractivity contribution in [1.82, 2.24) is 0 Å². The smallest absolute Gasteiger partial charge is 0.306 e. The maximum atomic E-state index is 12.8. The fourth-order valence-corrected chi connectivity index (χ4v) is 7.87. The van der Waals surface area contributed by atoms with Crippen molar-refractivity contribution >= 4 is 17.9 Å². The lowest BCUT2D eigenvalue weighted by Gasteiger charge is -2.18. The molecule has 0 N–H and O–H groups in total. The van der Waals surface area contributed by atoms with Gasteiger partial charge in [-0.15, -0.1) is 0 Å². The third kappa shape index (κ3) is 53.7. The van der Waals surface area contributed by atoms with E-state index in [-0.39, 0.29) is 31.1 Å². The zero-order valence-electron chi connectivity index (χ0n) is 44.2. The van der Waals surface area contributed by atoms with E-state index < -0.39 is 6.10 Å². The van der Waals surface area contributed by atoms with Gasteiger partial charge in [0, 0.05) is 19.3 Å². The van der Waals surface area contributed by atoms with E-state index in [1.165, 1.54) is 135 Å². The number of ether oxygens (including phenoxy) is 3. The van der Waals surface area contributed by atoms with Crippen molar-refractivity contribution in [3.63, 3.8) is 0 Å². The molecule has 0 fully saturated rings. The van der Waals surface area contributed by atoms with E-state index in [1.807, 2.05) is 0 Å². The molecule has 0 saturated carbocycles. The number of rotatable bonds is 51. The minimum absolute atomic E-state index is 0.0826. The standard InChI is InChI=1S/C61H106O6/c1-4-7-10-13-15-17-19-21-23-25-27-28-29-30-31-32-34-35-37-39-41-43-45-48-51-54-60(63)66-57-58(56-65-59(62)53-50-47-12-9-6-3)67-61(64)55-52-49-46-44-42-40-38-36-33-26-24-22-20-18-16-14-11-8-5-2/h16,18-19,21-22,24-25,27,29-30,33,36,58H,4-15,17,20,23,26,28,31-32,34-35,37-57H2,1-3H3/b18-16-,21-19-,24-22-,27-25-,30-29-,36-33-. The van der Waals surface area contributed by atoms with E-state index in [9.17, 15) is 14.4 Å². The molecule has 0 spiro atoms. The molecule has 67 heavy (non-hydrogen) atoms. The van der Waals surface area contributed by atoms with Crippen molar-refractivity contribution in [2.24, 2.45) is 0 Å². The topological polar surface area (TPSA) is 78.9 Å². The molecule has 0 aromatic heterocycles. The largest absolute Gasteiger partial charge is 0.462 e. The molecule has 0 saturated heterocycles. The van der Waals surface area contributed by atoms with E-state index in [1.54, 1.807) is 0 Å². The SMILES string of the molecule is CCCCC/C=C\C/C=C\C/C=C\CCCCCCCCC(=O)OC(COC(=O)CCCCCCC)COC(=O)CCCCCCCCCCCC/C=C\C/C=C\C/C=C\CCCCCCC. The molecule has 1 unspecified atom stereocenters. The van der Waals surface area contributed by atoms with Crippen LogP contribution in [0.1, 0.15) is 278 Å². The Morgan fingerprint density at radius 3 is 0.866 bits per heavy atom. The van der Waals surface area contributed by atoms with Gasteiger partial charge in [0.2, 0.25) is 0 Å². The molecule has 1 atom stereocenters. The van der Waals surface area contributed by atoms with Crippen LogP contribution < -0.4 is 0 Å². The molecule has 386 valence electrons. The number of allylic oxidation sites excluding steroid dienone is 12. The summed E-state index contributed by atoms with van der Waals surface area (Å²) in [7, 11) is 0. The van der Waals surface area contributed by atoms with Crippen LogP contribution in [-0.4, -0.2) is 37.2 Å². The molecule has 6 heteroatoms. The van der Waals surface area contributed by atoms with Gasteiger partial charge in [-0.1, -0.05) is 235 Å². The molecule has 0 aliphatic carbocycles. The molecule has 0 amide bonds. The number of hydrogen-bond acceptors (Lipinski definition) is 6. The molecule has 0 aliphatic rings. The Hall–Kier alpha value is -3.15. The summed E-state index contributed by atoms with van der Waals surface area (Å²) in [4.78, 5) is 37.8. The molecule has 0 aromatic rings. The summed E-state index contributed by atoms with van der Waals surface area (Å²) in [6, 6.07) is 0. The van der Waals surface area contributed by atoms with Gasteiger partial charge in [-0.2, -0.15) is 0 Å². The summed E-state index contributed by atoms with van der Waals surface area (Å²) in [5, 5.41) is 0. The van der Waals surface area contributed by atoms with Gasteiger partial charge in [-0.05, 0) is 96.3 Å². The highest BCUT2D eigenvalue weighted by Crippen LogP contribution is 2.15. The molecule has 0 aromatic carbocycles. The second-order valence-electron chi connectivity index (χ2n) is 18.8. The monoisotopic (exact) mass is 935 g/mol. The zero-order chi connectivity index (χ0) is 48.6. The van der Waals surface area contributed by atoms with Crippen LogP contribution in [0.2, 0.25) is 0 Å². The summed E-state index contributed by atoms with van der Waals surface area (Å²) < 4.78 is 16.7. The van der Waals surface area contributed by atoms with Gasteiger partial charge in [0.25, 0.3) is 0 Å². The van der Waals surface area contributed by atoms with Crippen LogP contribution in [0.4, 0.5) is 0 Å². The number of carbonyl (C=O) groups is 3.